The fourth-order valence-corrected chi connectivity index (χ4v) is 1.51. The van der Waals surface area contributed by atoms with Gasteiger partial charge in [-0.3, -0.25) is 10.1 Å². The number of carbonyl (C=O) groups excluding carboxylic acids is 1. The third-order valence-corrected chi connectivity index (χ3v) is 2.34. The minimum absolute atomic E-state index is 0.0131. The van der Waals surface area contributed by atoms with Crippen LogP contribution in [0.2, 0.25) is 10.0 Å². The lowest BCUT2D eigenvalue weighted by Gasteiger charge is -2.04. The van der Waals surface area contributed by atoms with E-state index in [1.54, 1.807) is 6.92 Å². The van der Waals surface area contributed by atoms with E-state index in [0.717, 1.165) is 12.1 Å². The predicted octanol–water partition coefficient (Wildman–Crippen LogP) is 3.08. The van der Waals surface area contributed by atoms with E-state index in [0.29, 0.717) is 0 Å². The Morgan fingerprint density at radius 3 is 2.56 bits per heavy atom. The minimum atomic E-state index is -0.677. The van der Waals surface area contributed by atoms with E-state index < -0.39 is 10.9 Å². The number of nitrogens with zero attached hydrogens (tertiary/aromatic N) is 1. The van der Waals surface area contributed by atoms with Crippen molar-refractivity contribution in [1.82, 2.24) is 0 Å². The Bertz CT molecular complexity index is 447. The van der Waals surface area contributed by atoms with E-state index in [1.807, 2.05) is 0 Å². The first-order valence-electron chi connectivity index (χ1n) is 4.28. The average Bonchev–Trinajstić information content (AvgIpc) is 2.20. The smallest absolute Gasteiger partial charge is 0.339 e. The van der Waals surface area contributed by atoms with Crippen LogP contribution in [-0.2, 0) is 4.74 Å². The number of halogens is 2. The third kappa shape index (κ3) is 2.62. The molecular formula is C9H7Cl2NO4. The zero-order valence-corrected chi connectivity index (χ0v) is 9.71. The van der Waals surface area contributed by atoms with Gasteiger partial charge in [0.15, 0.2) is 0 Å². The number of ether oxygens (including phenoxy) is 1. The molecule has 16 heavy (non-hydrogen) atoms. The molecule has 0 unspecified atom stereocenters. The van der Waals surface area contributed by atoms with Crippen LogP contribution in [0.5, 0.6) is 0 Å². The Hall–Kier alpha value is -1.33. The highest BCUT2D eigenvalue weighted by atomic mass is 35.5. The number of nitro groups is 1. The molecule has 0 aliphatic carbocycles. The molecule has 0 radical (unpaired) electrons. The number of benzene rings is 1. The maximum absolute atomic E-state index is 11.4. The molecule has 0 N–H and O–H groups in total. The van der Waals surface area contributed by atoms with Crippen molar-refractivity contribution in [1.29, 1.82) is 0 Å². The monoisotopic (exact) mass is 263 g/mol. The number of esters is 1. The summed E-state index contributed by atoms with van der Waals surface area (Å²) in [5.74, 6) is -0.663. The second kappa shape index (κ2) is 5.14. The fraction of sp³-hybridized carbons (Fsp3) is 0.222. The Morgan fingerprint density at radius 1 is 1.44 bits per heavy atom. The summed E-state index contributed by atoms with van der Waals surface area (Å²) in [4.78, 5) is 21.2. The molecule has 0 aliphatic rings. The van der Waals surface area contributed by atoms with Crippen molar-refractivity contribution in [2.24, 2.45) is 0 Å². The standard InChI is InChI=1S/C9H7Cl2NO4/c1-2-16-9(13)5-3-7(11)8(12(14)15)4-6(5)10/h3-4H,2H2,1H3. The van der Waals surface area contributed by atoms with Crippen molar-refractivity contribution >= 4 is 34.9 Å². The van der Waals surface area contributed by atoms with E-state index in [4.69, 9.17) is 27.9 Å². The molecule has 0 spiro atoms. The summed E-state index contributed by atoms with van der Waals surface area (Å²) >= 11 is 11.3. The minimum Gasteiger partial charge on any atom is -0.462 e. The Balaban J connectivity index is 3.20. The number of rotatable bonds is 3. The SMILES string of the molecule is CCOC(=O)c1cc(Cl)c([N+](=O)[O-])cc1Cl. The van der Waals surface area contributed by atoms with Gasteiger partial charge in [0.25, 0.3) is 5.69 Å². The van der Waals surface area contributed by atoms with E-state index in [1.165, 1.54) is 0 Å². The Kier molecular flexibility index (Phi) is 4.09. The molecule has 1 aromatic rings. The molecule has 0 amide bonds. The summed E-state index contributed by atoms with van der Waals surface area (Å²) in [6.45, 7) is 1.82. The number of carbonyl (C=O) groups is 1. The summed E-state index contributed by atoms with van der Waals surface area (Å²) in [6, 6.07) is 2.15. The second-order valence-electron chi connectivity index (χ2n) is 2.76. The molecule has 0 fully saturated rings. The van der Waals surface area contributed by atoms with Crippen molar-refractivity contribution in [2.45, 2.75) is 6.92 Å². The molecule has 0 bridgehead atoms. The van der Waals surface area contributed by atoms with Crippen molar-refractivity contribution in [3.8, 4) is 0 Å². The van der Waals surface area contributed by atoms with E-state index in [-0.39, 0.29) is 27.9 Å². The normalized spacial score (nSPS) is 9.94. The van der Waals surface area contributed by atoms with Gasteiger partial charge in [-0.25, -0.2) is 4.79 Å². The topological polar surface area (TPSA) is 69.4 Å². The number of hydrogen-bond acceptors (Lipinski definition) is 4. The quantitative estimate of drug-likeness (QED) is 0.478. The van der Waals surface area contributed by atoms with Gasteiger partial charge in [0.2, 0.25) is 0 Å². The van der Waals surface area contributed by atoms with Gasteiger partial charge in [0.1, 0.15) is 5.02 Å². The molecule has 1 aromatic carbocycles. The van der Waals surface area contributed by atoms with Crippen LogP contribution in [0.4, 0.5) is 5.69 Å². The van der Waals surface area contributed by atoms with Crippen molar-refractivity contribution in [2.75, 3.05) is 6.61 Å². The second-order valence-corrected chi connectivity index (χ2v) is 3.58. The summed E-state index contributed by atoms with van der Waals surface area (Å²) < 4.78 is 4.71. The van der Waals surface area contributed by atoms with E-state index >= 15 is 0 Å². The van der Waals surface area contributed by atoms with E-state index in [9.17, 15) is 14.9 Å². The third-order valence-electron chi connectivity index (χ3n) is 1.73. The molecule has 0 saturated carbocycles. The van der Waals surface area contributed by atoms with Gasteiger partial charge >= 0.3 is 5.97 Å². The van der Waals surface area contributed by atoms with Crippen LogP contribution in [0, 0.1) is 10.1 Å². The summed E-state index contributed by atoms with van der Waals surface area (Å²) in [6.07, 6.45) is 0. The van der Waals surface area contributed by atoms with Crippen molar-refractivity contribution < 1.29 is 14.5 Å². The molecule has 0 aromatic heterocycles. The van der Waals surface area contributed by atoms with Crippen molar-refractivity contribution in [3.63, 3.8) is 0 Å². The zero-order chi connectivity index (χ0) is 12.3. The van der Waals surface area contributed by atoms with Crippen LogP contribution in [0.15, 0.2) is 12.1 Å². The highest BCUT2D eigenvalue weighted by molar-refractivity contribution is 6.37. The highest BCUT2D eigenvalue weighted by Gasteiger charge is 2.20. The molecule has 1 rings (SSSR count). The predicted molar refractivity (Wildman–Crippen MR) is 59.1 cm³/mol. The van der Waals surface area contributed by atoms with Gasteiger partial charge in [-0.1, -0.05) is 23.2 Å². The molecule has 5 nitrogen and oxygen atoms in total. The van der Waals surface area contributed by atoms with Gasteiger partial charge < -0.3 is 4.74 Å². The average molecular weight is 264 g/mol. The van der Waals surface area contributed by atoms with E-state index in [2.05, 4.69) is 0 Å². The Labute approximate surface area is 101 Å². The zero-order valence-electron chi connectivity index (χ0n) is 8.20. The Morgan fingerprint density at radius 2 is 2.06 bits per heavy atom. The van der Waals surface area contributed by atoms with Crippen LogP contribution in [0.1, 0.15) is 17.3 Å². The highest BCUT2D eigenvalue weighted by Crippen LogP contribution is 2.31. The molecule has 86 valence electrons. The van der Waals surface area contributed by atoms with Gasteiger partial charge in [-0.2, -0.15) is 0 Å². The lowest BCUT2D eigenvalue weighted by Crippen LogP contribution is -2.06. The lowest BCUT2D eigenvalue weighted by atomic mass is 10.2. The molecule has 0 saturated heterocycles. The number of hydrogen-bond donors (Lipinski definition) is 0. The fourth-order valence-electron chi connectivity index (χ4n) is 1.04. The first-order valence-corrected chi connectivity index (χ1v) is 5.03. The first-order chi connectivity index (χ1) is 7.47. The first kappa shape index (κ1) is 12.7. The van der Waals surface area contributed by atoms with Gasteiger partial charge in [-0.05, 0) is 13.0 Å². The summed E-state index contributed by atoms with van der Waals surface area (Å²) in [5.41, 5.74) is -0.334. The largest absolute Gasteiger partial charge is 0.462 e. The lowest BCUT2D eigenvalue weighted by molar-refractivity contribution is -0.384. The van der Waals surface area contributed by atoms with Crippen LogP contribution in [-0.4, -0.2) is 17.5 Å². The van der Waals surface area contributed by atoms with Gasteiger partial charge in [0.05, 0.1) is 22.1 Å². The molecule has 7 heteroatoms. The van der Waals surface area contributed by atoms with Gasteiger partial charge in [-0.15, -0.1) is 0 Å². The maximum atomic E-state index is 11.4. The van der Waals surface area contributed by atoms with Gasteiger partial charge in [0, 0.05) is 6.07 Å². The molecule has 0 aliphatic heterocycles. The maximum Gasteiger partial charge on any atom is 0.339 e. The summed E-state index contributed by atoms with van der Waals surface area (Å²) in [7, 11) is 0. The van der Waals surface area contributed by atoms with Crippen LogP contribution < -0.4 is 0 Å². The number of nitro benzene ring substituents is 1. The van der Waals surface area contributed by atoms with Crippen LogP contribution >= 0.6 is 23.2 Å². The van der Waals surface area contributed by atoms with Crippen LogP contribution in [0.25, 0.3) is 0 Å². The van der Waals surface area contributed by atoms with Crippen molar-refractivity contribution in [3.05, 3.63) is 37.9 Å². The van der Waals surface area contributed by atoms with Crippen LogP contribution in [0.3, 0.4) is 0 Å². The summed E-state index contributed by atoms with van der Waals surface area (Å²) in [5, 5.41) is 10.3. The molecule has 0 heterocycles. The molecular weight excluding hydrogens is 257 g/mol. The molecule has 0 atom stereocenters.